The predicted octanol–water partition coefficient (Wildman–Crippen LogP) is 14.0. The molecule has 0 heterocycles. The second-order valence-corrected chi connectivity index (χ2v) is 23.0. The average molecular weight is 1280 g/mol. The molecule has 0 fully saturated rings. The molecule has 1 aliphatic carbocycles. The van der Waals surface area contributed by atoms with Gasteiger partial charge in [-0.05, 0) is 133 Å². The van der Waals surface area contributed by atoms with E-state index in [0.29, 0.717) is 98.2 Å². The highest BCUT2D eigenvalue weighted by Gasteiger charge is 2.28. The summed E-state index contributed by atoms with van der Waals surface area (Å²) in [4.78, 5) is 122. The van der Waals surface area contributed by atoms with Crippen LogP contribution in [0.2, 0.25) is 0 Å². The van der Waals surface area contributed by atoms with Crippen molar-refractivity contribution in [2.24, 2.45) is 0 Å². The first-order valence-corrected chi connectivity index (χ1v) is 32.9. The quantitative estimate of drug-likeness (QED) is 0.00881. The lowest BCUT2D eigenvalue weighted by molar-refractivity contribution is -0.154. The Balaban J connectivity index is 2.02. The molecule has 502 valence electrons. The van der Waals surface area contributed by atoms with Gasteiger partial charge >= 0.3 is 29.8 Å². The molecule has 0 amide bonds. The number of ketones is 4. The predicted molar refractivity (Wildman–Crippen MR) is 353 cm³/mol. The standard InChI is InChI=1S/C75H94O18/c1-10-17-21-25-63(76)51-37-55-45-56-38-52(64(77)26-22-18-11-2)40-58(72(56)90-33-30-87-68(81)15-6)47-61-43-54(66(79)28-24-20-13-4)44-62(74(61)92-35-36-93-75(84)50(8)9)48-60-42-53(65(78)27-23-19-12-3)41-59(46-57(39-51)71(55)89-32-29-86-67(80)14-5)73(60)91-34-31-88-70(83)49-69(82)85-16-7/h14-15,37-44H,5-6,8,10-13,16-36,45-49H2,1-4,7,9H3. The van der Waals surface area contributed by atoms with Crippen LogP contribution in [-0.4, -0.2) is 112 Å². The number of ether oxygens (including phenoxy) is 9. The number of unbranched alkanes of at least 4 members (excludes halogenated alkanes) is 8. The van der Waals surface area contributed by atoms with E-state index in [1.54, 1.807) is 55.5 Å². The molecule has 0 N–H and O–H groups in total. The van der Waals surface area contributed by atoms with Crippen molar-refractivity contribution < 1.29 is 85.8 Å². The SMILES string of the molecule is C=CC(=O)OCCOc1c2cc(C(=O)CCCCC)cc1Cc1cc(C(=O)CCCCC)cc(c1OCCOC(=O)CC(=O)OCC)Cc1cc(C(=O)CCCCC)cc(c1OCCOC(=O)C(=C)C)Cc1cc(C(=O)CCCCC)cc(c1OCCOC(=O)C=C)C2. The van der Waals surface area contributed by atoms with Gasteiger partial charge in [0.15, 0.2) is 23.1 Å². The number of hydrogen-bond acceptors (Lipinski definition) is 18. The van der Waals surface area contributed by atoms with Crippen molar-refractivity contribution in [3.63, 3.8) is 0 Å². The molecule has 18 nitrogen and oxygen atoms in total. The van der Waals surface area contributed by atoms with Crippen molar-refractivity contribution in [3.05, 3.63) is 153 Å². The number of carbonyl (C=O) groups is 9. The zero-order valence-electron chi connectivity index (χ0n) is 55.5. The number of rotatable bonds is 42. The Morgan fingerprint density at radius 2 is 0.624 bits per heavy atom. The van der Waals surface area contributed by atoms with E-state index >= 15 is 0 Å². The van der Waals surface area contributed by atoms with Gasteiger partial charge in [0.05, 0.1) is 6.61 Å². The first-order valence-electron chi connectivity index (χ1n) is 32.9. The van der Waals surface area contributed by atoms with Crippen LogP contribution in [0, 0.1) is 0 Å². The Morgan fingerprint density at radius 1 is 0.366 bits per heavy atom. The molecule has 5 rings (SSSR count). The summed E-state index contributed by atoms with van der Waals surface area (Å²) in [6, 6.07) is 14.0. The van der Waals surface area contributed by atoms with E-state index in [0.717, 1.165) is 63.5 Å². The topological polar surface area (TPSA) is 237 Å². The molecule has 8 bridgehead atoms. The van der Waals surface area contributed by atoms with Crippen molar-refractivity contribution in [2.75, 3.05) is 59.5 Å². The highest BCUT2D eigenvalue weighted by Crippen LogP contribution is 2.42. The molecule has 0 spiro atoms. The van der Waals surface area contributed by atoms with Gasteiger partial charge in [-0.2, -0.15) is 0 Å². The van der Waals surface area contributed by atoms with Gasteiger partial charge in [0.1, 0.15) is 82.3 Å². The van der Waals surface area contributed by atoms with Gasteiger partial charge in [0, 0.05) is 91.3 Å². The van der Waals surface area contributed by atoms with E-state index in [1.165, 1.54) is 6.92 Å². The number of fused-ring (bicyclic) bond motifs is 8. The summed E-state index contributed by atoms with van der Waals surface area (Å²) >= 11 is 0. The minimum absolute atomic E-state index is 0.0455. The lowest BCUT2D eigenvalue weighted by Crippen LogP contribution is -2.18. The van der Waals surface area contributed by atoms with Crippen LogP contribution in [0.15, 0.2) is 86.0 Å². The summed E-state index contributed by atoms with van der Waals surface area (Å²) in [6.07, 6.45) is 11.2. The molecule has 0 radical (unpaired) electrons. The zero-order valence-corrected chi connectivity index (χ0v) is 55.5. The van der Waals surface area contributed by atoms with Crippen LogP contribution in [0.25, 0.3) is 0 Å². The Kier molecular flexibility index (Phi) is 32.6. The third-order valence-electron chi connectivity index (χ3n) is 15.4. The molecular weight excluding hydrogens is 1190 g/mol. The van der Waals surface area contributed by atoms with E-state index in [-0.39, 0.29) is 157 Å². The van der Waals surface area contributed by atoms with Crippen LogP contribution in [0.5, 0.6) is 23.0 Å². The summed E-state index contributed by atoms with van der Waals surface area (Å²) in [6.45, 7) is 20.5. The molecule has 0 unspecified atom stereocenters. The van der Waals surface area contributed by atoms with Gasteiger partial charge in [0.2, 0.25) is 0 Å². The summed E-state index contributed by atoms with van der Waals surface area (Å²) in [5.74, 6) is -3.09. The number of carbonyl (C=O) groups excluding carboxylic acids is 9. The van der Waals surface area contributed by atoms with Crippen LogP contribution in [-0.2, 0) is 73.3 Å². The van der Waals surface area contributed by atoms with E-state index in [2.05, 4.69) is 19.7 Å². The number of Topliss-reactive ketones (excluding diaryl/α,β-unsaturated/α-hetero) is 4. The van der Waals surface area contributed by atoms with Crippen LogP contribution in [0.4, 0.5) is 0 Å². The molecular formula is C75H94O18. The van der Waals surface area contributed by atoms with Gasteiger partial charge < -0.3 is 42.6 Å². The molecule has 18 heteroatoms. The summed E-state index contributed by atoms with van der Waals surface area (Å²) in [5, 5.41) is 0. The molecule has 0 aromatic heterocycles. The molecule has 0 atom stereocenters. The van der Waals surface area contributed by atoms with Gasteiger partial charge in [-0.25, -0.2) is 14.4 Å². The highest BCUT2D eigenvalue weighted by atomic mass is 16.6. The third kappa shape index (κ3) is 24.4. The van der Waals surface area contributed by atoms with E-state index in [1.807, 2.05) is 27.7 Å². The smallest absolute Gasteiger partial charge is 0.333 e. The molecule has 0 saturated heterocycles. The maximum absolute atomic E-state index is 14.7. The van der Waals surface area contributed by atoms with Crippen molar-refractivity contribution in [1.29, 1.82) is 0 Å². The largest absolute Gasteiger partial charge is 0.489 e. The monoisotopic (exact) mass is 1280 g/mol. The fraction of sp³-hybridized carbons (Fsp3) is 0.480. The van der Waals surface area contributed by atoms with Crippen LogP contribution in [0.3, 0.4) is 0 Å². The highest BCUT2D eigenvalue weighted by molar-refractivity contribution is 5.99. The first-order chi connectivity index (χ1) is 44.9. The van der Waals surface area contributed by atoms with Crippen molar-refractivity contribution in [3.8, 4) is 23.0 Å². The van der Waals surface area contributed by atoms with Gasteiger partial charge in [0.25, 0.3) is 0 Å². The zero-order chi connectivity index (χ0) is 67.7. The fourth-order valence-electron chi connectivity index (χ4n) is 10.8. The van der Waals surface area contributed by atoms with Crippen LogP contribution >= 0.6 is 0 Å². The second-order valence-electron chi connectivity index (χ2n) is 23.0. The fourth-order valence-corrected chi connectivity index (χ4v) is 10.8. The van der Waals surface area contributed by atoms with Crippen molar-refractivity contribution >= 4 is 53.0 Å². The minimum atomic E-state index is -0.841. The summed E-state index contributed by atoms with van der Waals surface area (Å²) < 4.78 is 54.1. The normalized spacial score (nSPS) is 11.5. The van der Waals surface area contributed by atoms with Gasteiger partial charge in [-0.15, -0.1) is 0 Å². The van der Waals surface area contributed by atoms with Crippen LogP contribution in [0.1, 0.15) is 237 Å². The van der Waals surface area contributed by atoms with E-state index in [9.17, 15) is 43.2 Å². The number of esters is 5. The third-order valence-corrected chi connectivity index (χ3v) is 15.4. The number of benzene rings is 4. The van der Waals surface area contributed by atoms with Gasteiger partial charge in [-0.3, -0.25) is 28.8 Å². The second kappa shape index (κ2) is 40.3. The Morgan fingerprint density at radius 3 is 0.871 bits per heavy atom. The van der Waals surface area contributed by atoms with E-state index < -0.39 is 36.3 Å². The molecule has 0 aliphatic heterocycles. The lowest BCUT2D eigenvalue weighted by atomic mass is 9.86. The molecule has 93 heavy (non-hydrogen) atoms. The number of hydrogen-bond donors (Lipinski definition) is 0. The lowest BCUT2D eigenvalue weighted by Gasteiger charge is -2.25. The van der Waals surface area contributed by atoms with Crippen molar-refractivity contribution in [2.45, 2.75) is 176 Å². The first kappa shape index (κ1) is 75.1. The van der Waals surface area contributed by atoms with Gasteiger partial charge in [-0.1, -0.05) is 98.8 Å². The molecule has 4 aromatic carbocycles. The molecule has 4 aromatic rings. The molecule has 1 aliphatic rings. The maximum atomic E-state index is 14.7. The maximum Gasteiger partial charge on any atom is 0.333 e. The average Bonchev–Trinajstić information content (AvgIpc) is 0.863. The summed E-state index contributed by atoms with van der Waals surface area (Å²) in [7, 11) is 0. The van der Waals surface area contributed by atoms with Crippen molar-refractivity contribution in [1.82, 2.24) is 0 Å². The van der Waals surface area contributed by atoms with E-state index in [4.69, 9.17) is 42.6 Å². The van der Waals surface area contributed by atoms with Crippen LogP contribution < -0.4 is 18.9 Å². The Hall–Kier alpha value is -8.67. The minimum Gasteiger partial charge on any atom is -0.489 e. The Labute approximate surface area is 548 Å². The Bertz CT molecular complexity index is 3290. The summed E-state index contributed by atoms with van der Waals surface area (Å²) in [5.41, 5.74) is 5.26. The molecule has 0 saturated carbocycles.